The third kappa shape index (κ3) is 2.12. The van der Waals surface area contributed by atoms with Gasteiger partial charge in [0.15, 0.2) is 0 Å². The molecule has 1 heterocycles. The summed E-state index contributed by atoms with van der Waals surface area (Å²) in [5.41, 5.74) is 0. The molecule has 3 atom stereocenters. The van der Waals surface area contributed by atoms with Crippen LogP contribution in [0.2, 0.25) is 0 Å². The fourth-order valence-electron chi connectivity index (χ4n) is 1.26. The Bertz CT molecular complexity index is 177. The van der Waals surface area contributed by atoms with Crippen LogP contribution in [0.3, 0.4) is 0 Å². The molecule has 0 bridgehead atoms. The van der Waals surface area contributed by atoms with Crippen LogP contribution in [-0.2, 0) is 4.74 Å². The van der Waals surface area contributed by atoms with Crippen LogP contribution < -0.4 is 5.32 Å². The maximum Gasteiger partial charge on any atom is 0.404 e. The van der Waals surface area contributed by atoms with E-state index in [9.17, 15) is 4.79 Å². The minimum Gasteiger partial charge on any atom is -0.465 e. The van der Waals surface area contributed by atoms with E-state index in [-0.39, 0.29) is 6.61 Å². The van der Waals surface area contributed by atoms with Crippen LogP contribution >= 0.6 is 0 Å². The van der Waals surface area contributed by atoms with E-state index in [1.54, 1.807) is 0 Å². The predicted molar refractivity (Wildman–Crippen MR) is 41.1 cm³/mol. The van der Waals surface area contributed by atoms with E-state index in [4.69, 9.17) is 22.8 Å². The molecule has 1 rings (SSSR count). The van der Waals surface area contributed by atoms with Crippen molar-refractivity contribution in [2.45, 2.75) is 24.6 Å². The highest BCUT2D eigenvalue weighted by molar-refractivity contribution is 6.11. The fraction of sp³-hybridized carbons (Fsp3) is 0.833. The van der Waals surface area contributed by atoms with Gasteiger partial charge in [-0.15, -0.1) is 0 Å². The Balaban J connectivity index is 2.46. The number of aliphatic hydroxyl groups is 1. The third-order valence-electron chi connectivity index (χ3n) is 1.77. The van der Waals surface area contributed by atoms with Crippen LogP contribution in [0.1, 0.15) is 6.42 Å². The zero-order valence-corrected chi connectivity index (χ0v) is 6.43. The van der Waals surface area contributed by atoms with Crippen molar-refractivity contribution in [2.75, 3.05) is 6.61 Å². The van der Waals surface area contributed by atoms with Crippen molar-refractivity contribution in [1.29, 1.82) is 0 Å². The summed E-state index contributed by atoms with van der Waals surface area (Å²) in [4.78, 5) is 10.2. The lowest BCUT2D eigenvalue weighted by atomic mass is 9.95. The average molecular weight is 171 g/mol. The second-order valence-corrected chi connectivity index (χ2v) is 2.69. The summed E-state index contributed by atoms with van der Waals surface area (Å²) in [5.74, 6) is 0. The zero-order valence-electron chi connectivity index (χ0n) is 6.43. The van der Waals surface area contributed by atoms with E-state index < -0.39 is 24.2 Å². The first-order valence-corrected chi connectivity index (χ1v) is 3.65. The van der Waals surface area contributed by atoms with Crippen molar-refractivity contribution in [2.24, 2.45) is 0 Å². The van der Waals surface area contributed by atoms with Crippen LogP contribution in [0, 0.1) is 0 Å². The highest BCUT2D eigenvalue weighted by atomic mass is 16.5. The summed E-state index contributed by atoms with van der Waals surface area (Å²) in [6.07, 6.45) is -1.25. The summed E-state index contributed by atoms with van der Waals surface area (Å²) in [6.45, 7) is -0.224. The van der Waals surface area contributed by atoms with Crippen LogP contribution in [0.15, 0.2) is 0 Å². The Hall–Kier alpha value is -0.745. The number of hydrogen-bond donors (Lipinski definition) is 3. The van der Waals surface area contributed by atoms with Gasteiger partial charge in [-0.2, -0.15) is 0 Å². The molecular weight excluding hydrogens is 161 g/mol. The summed E-state index contributed by atoms with van der Waals surface area (Å²) < 4.78 is 5.03. The molecule has 1 aliphatic heterocycles. The molecule has 6 heteroatoms. The molecule has 0 aromatic rings. The first-order chi connectivity index (χ1) is 5.63. The Morgan fingerprint density at radius 3 is 2.92 bits per heavy atom. The van der Waals surface area contributed by atoms with Crippen molar-refractivity contribution >= 4 is 13.9 Å². The number of carboxylic acid groups (broad SMARTS) is 1. The summed E-state index contributed by atoms with van der Waals surface area (Å²) in [6, 6.07) is -0.888. The van der Waals surface area contributed by atoms with Gasteiger partial charge in [-0.1, -0.05) is 0 Å². The van der Waals surface area contributed by atoms with Gasteiger partial charge < -0.3 is 20.3 Å². The number of ether oxygens (including phenoxy) is 1. The molecule has 0 saturated carbocycles. The fourth-order valence-corrected chi connectivity index (χ4v) is 1.26. The molecule has 0 aromatic heterocycles. The molecule has 0 aromatic carbocycles. The molecular formula is C6H10BNO4. The molecule has 1 aliphatic rings. The lowest BCUT2D eigenvalue weighted by Crippen LogP contribution is -2.41. The van der Waals surface area contributed by atoms with E-state index >= 15 is 0 Å². The molecule has 5 nitrogen and oxygen atoms in total. The minimum absolute atomic E-state index is 0.224. The molecule has 0 aliphatic carbocycles. The molecule has 3 unspecified atom stereocenters. The smallest absolute Gasteiger partial charge is 0.404 e. The number of carbonyl (C=O) groups is 1. The number of hydrogen-bond acceptors (Lipinski definition) is 3. The molecule has 1 saturated heterocycles. The molecule has 1 amide bonds. The van der Waals surface area contributed by atoms with Gasteiger partial charge in [0.05, 0.1) is 12.6 Å². The van der Waals surface area contributed by atoms with Gasteiger partial charge >= 0.3 is 6.09 Å². The number of nitrogens with one attached hydrogen (secondary N) is 1. The quantitative estimate of drug-likeness (QED) is 0.460. The van der Waals surface area contributed by atoms with Crippen LogP contribution in [0.25, 0.3) is 0 Å². The third-order valence-corrected chi connectivity index (χ3v) is 1.77. The monoisotopic (exact) mass is 171 g/mol. The highest BCUT2D eigenvalue weighted by Gasteiger charge is 2.32. The highest BCUT2D eigenvalue weighted by Crippen LogP contribution is 2.17. The van der Waals surface area contributed by atoms with Gasteiger partial charge in [0, 0.05) is 6.00 Å². The number of aliphatic hydroxyl groups excluding tert-OH is 1. The van der Waals surface area contributed by atoms with E-state index in [1.807, 2.05) is 0 Å². The molecule has 0 spiro atoms. The topological polar surface area (TPSA) is 78.8 Å². The van der Waals surface area contributed by atoms with Crippen molar-refractivity contribution in [3.63, 3.8) is 0 Å². The van der Waals surface area contributed by atoms with Gasteiger partial charge in [0.25, 0.3) is 0 Å². The Kier molecular flexibility index (Phi) is 2.94. The maximum atomic E-state index is 10.2. The van der Waals surface area contributed by atoms with E-state index in [0.29, 0.717) is 6.42 Å². The lowest BCUT2D eigenvalue weighted by Gasteiger charge is -2.15. The van der Waals surface area contributed by atoms with Crippen LogP contribution in [0.5, 0.6) is 0 Å². The molecule has 3 N–H and O–H groups in total. The second-order valence-electron chi connectivity index (χ2n) is 2.69. The lowest BCUT2D eigenvalue weighted by molar-refractivity contribution is 0.0336. The predicted octanol–water partition coefficient (Wildman–Crippen LogP) is -1.10. The summed E-state index contributed by atoms with van der Waals surface area (Å²) in [5, 5.41) is 19.4. The number of rotatable bonds is 2. The SMILES string of the molecule is [B]C1CC(NC(=O)O)C(CO)O1. The van der Waals surface area contributed by atoms with E-state index in [1.165, 1.54) is 0 Å². The Labute approximate surface area is 71.1 Å². The van der Waals surface area contributed by atoms with Crippen molar-refractivity contribution in [3.05, 3.63) is 0 Å². The zero-order chi connectivity index (χ0) is 9.14. The largest absolute Gasteiger partial charge is 0.465 e. The van der Waals surface area contributed by atoms with E-state index in [0.717, 1.165) is 0 Å². The second kappa shape index (κ2) is 3.77. The maximum absolute atomic E-state index is 10.2. The normalized spacial score (nSPS) is 34.9. The van der Waals surface area contributed by atoms with E-state index in [2.05, 4.69) is 5.32 Å². The van der Waals surface area contributed by atoms with Gasteiger partial charge in [0.2, 0.25) is 0 Å². The Morgan fingerprint density at radius 1 is 1.75 bits per heavy atom. The standard InChI is InChI=1S/C6H10BNO4/c7-5-1-3(8-6(10)11)4(2-9)12-5/h3-5,8-9H,1-2H2,(H,10,11). The average Bonchev–Trinajstić information content (AvgIpc) is 2.29. The summed E-state index contributed by atoms with van der Waals surface area (Å²) in [7, 11) is 5.40. The van der Waals surface area contributed by atoms with Gasteiger partial charge in [0.1, 0.15) is 14.0 Å². The van der Waals surface area contributed by atoms with Crippen molar-refractivity contribution in [3.8, 4) is 0 Å². The molecule has 66 valence electrons. The first kappa shape index (κ1) is 9.34. The van der Waals surface area contributed by atoms with Crippen LogP contribution in [-0.4, -0.2) is 48.9 Å². The van der Waals surface area contributed by atoms with Gasteiger partial charge in [-0.3, -0.25) is 0 Å². The van der Waals surface area contributed by atoms with Gasteiger partial charge in [-0.05, 0) is 6.42 Å². The number of amides is 1. The molecule has 2 radical (unpaired) electrons. The van der Waals surface area contributed by atoms with Crippen molar-refractivity contribution in [1.82, 2.24) is 5.32 Å². The van der Waals surface area contributed by atoms with Gasteiger partial charge in [-0.25, -0.2) is 4.79 Å². The summed E-state index contributed by atoms with van der Waals surface area (Å²) >= 11 is 0. The molecule has 1 fully saturated rings. The first-order valence-electron chi connectivity index (χ1n) is 3.65. The molecule has 12 heavy (non-hydrogen) atoms. The van der Waals surface area contributed by atoms with Crippen molar-refractivity contribution < 1.29 is 19.7 Å². The Morgan fingerprint density at radius 2 is 2.42 bits per heavy atom. The minimum atomic E-state index is -1.13. The van der Waals surface area contributed by atoms with Crippen LogP contribution in [0.4, 0.5) is 4.79 Å².